The smallest absolute Gasteiger partial charge is 0.255 e. The Balaban J connectivity index is 1.71. The third-order valence-electron chi connectivity index (χ3n) is 5.46. The maximum absolute atomic E-state index is 13.0. The monoisotopic (exact) mass is 497 g/mol. The second-order valence-corrected chi connectivity index (χ2v) is 10.0. The van der Waals surface area contributed by atoms with Gasteiger partial charge in [0.15, 0.2) is 0 Å². The summed E-state index contributed by atoms with van der Waals surface area (Å²) >= 11 is 12.2. The van der Waals surface area contributed by atoms with Gasteiger partial charge >= 0.3 is 0 Å². The first-order valence-electron chi connectivity index (χ1n) is 10.3. The van der Waals surface area contributed by atoms with Crippen LogP contribution in [0.15, 0.2) is 47.4 Å². The molecule has 2 aromatic rings. The molecular weight excluding hydrogens is 473 g/mol. The van der Waals surface area contributed by atoms with E-state index in [4.69, 9.17) is 23.2 Å². The van der Waals surface area contributed by atoms with Crippen LogP contribution in [0, 0.1) is 0 Å². The second-order valence-electron chi connectivity index (χ2n) is 7.30. The van der Waals surface area contributed by atoms with E-state index in [0.717, 1.165) is 0 Å². The van der Waals surface area contributed by atoms with Crippen molar-refractivity contribution in [2.24, 2.45) is 0 Å². The van der Waals surface area contributed by atoms with Crippen LogP contribution in [0.2, 0.25) is 10.0 Å². The molecule has 0 bridgehead atoms. The van der Waals surface area contributed by atoms with Crippen LogP contribution in [0.4, 0.5) is 0 Å². The van der Waals surface area contributed by atoms with E-state index in [-0.39, 0.29) is 21.7 Å². The van der Waals surface area contributed by atoms with Gasteiger partial charge in [-0.2, -0.15) is 4.31 Å². The molecule has 0 aliphatic carbocycles. The molecule has 0 radical (unpaired) electrons. The fourth-order valence-corrected chi connectivity index (χ4v) is 5.52. The largest absolute Gasteiger partial charge is 0.335 e. The highest BCUT2D eigenvalue weighted by atomic mass is 35.5. The third kappa shape index (κ3) is 4.93. The Kier molecular flexibility index (Phi) is 7.82. The van der Waals surface area contributed by atoms with Crippen LogP contribution >= 0.6 is 23.2 Å². The second kappa shape index (κ2) is 10.2. The van der Waals surface area contributed by atoms with Crippen LogP contribution in [0.3, 0.4) is 0 Å². The molecule has 2 amide bonds. The molecule has 0 saturated carbocycles. The molecule has 10 heteroatoms. The first kappa shape index (κ1) is 24.5. The standard InChI is InChI=1S/C22H25Cl2N3O4S/c1-3-27(4-2)32(30,31)17-8-5-7-16(15-17)21(28)25-11-13-26(14-12-25)22(29)18-9-6-10-19(23)20(18)24/h5-10,15H,3-4,11-14H2,1-2H3. The average molecular weight is 498 g/mol. The van der Waals surface area contributed by atoms with Crippen molar-refractivity contribution in [1.82, 2.24) is 14.1 Å². The number of carbonyl (C=O) groups is 2. The van der Waals surface area contributed by atoms with Crippen molar-refractivity contribution < 1.29 is 18.0 Å². The molecule has 1 heterocycles. The van der Waals surface area contributed by atoms with E-state index in [9.17, 15) is 18.0 Å². The Morgan fingerprint density at radius 3 is 2.06 bits per heavy atom. The topological polar surface area (TPSA) is 78.0 Å². The molecule has 0 aromatic heterocycles. The first-order valence-corrected chi connectivity index (χ1v) is 12.5. The van der Waals surface area contributed by atoms with Crippen LogP contribution in [0.1, 0.15) is 34.6 Å². The number of carbonyl (C=O) groups excluding carboxylic acids is 2. The van der Waals surface area contributed by atoms with Gasteiger partial charge in [-0.25, -0.2) is 8.42 Å². The van der Waals surface area contributed by atoms with Crippen LogP contribution in [-0.4, -0.2) is 73.6 Å². The zero-order chi connectivity index (χ0) is 23.5. The number of hydrogen-bond donors (Lipinski definition) is 0. The van der Waals surface area contributed by atoms with Gasteiger partial charge < -0.3 is 9.80 Å². The van der Waals surface area contributed by atoms with Crippen LogP contribution in [0.5, 0.6) is 0 Å². The highest BCUT2D eigenvalue weighted by Gasteiger charge is 2.28. The van der Waals surface area contributed by atoms with E-state index in [1.807, 2.05) is 0 Å². The number of hydrogen-bond acceptors (Lipinski definition) is 4. The van der Waals surface area contributed by atoms with Crippen molar-refractivity contribution >= 4 is 45.0 Å². The number of piperazine rings is 1. The van der Waals surface area contributed by atoms with Crippen molar-refractivity contribution in [3.63, 3.8) is 0 Å². The van der Waals surface area contributed by atoms with Gasteiger partial charge in [0.05, 0.1) is 20.5 Å². The summed E-state index contributed by atoms with van der Waals surface area (Å²) < 4.78 is 26.9. The summed E-state index contributed by atoms with van der Waals surface area (Å²) in [6, 6.07) is 11.0. The summed E-state index contributed by atoms with van der Waals surface area (Å²) in [4.78, 5) is 29.2. The molecule has 1 aliphatic rings. The Labute approximate surface area is 198 Å². The molecule has 2 aromatic carbocycles. The summed E-state index contributed by atoms with van der Waals surface area (Å²) in [5.74, 6) is -0.508. The molecule has 1 saturated heterocycles. The van der Waals surface area contributed by atoms with Crippen LogP contribution in [-0.2, 0) is 10.0 Å². The van der Waals surface area contributed by atoms with Crippen molar-refractivity contribution in [1.29, 1.82) is 0 Å². The van der Waals surface area contributed by atoms with Gasteiger partial charge in [0.2, 0.25) is 10.0 Å². The lowest BCUT2D eigenvalue weighted by Crippen LogP contribution is -2.50. The average Bonchev–Trinajstić information content (AvgIpc) is 2.81. The van der Waals surface area contributed by atoms with Gasteiger partial charge in [-0.1, -0.05) is 49.2 Å². The summed E-state index contributed by atoms with van der Waals surface area (Å²) in [6.07, 6.45) is 0. The number of amides is 2. The highest BCUT2D eigenvalue weighted by molar-refractivity contribution is 7.89. The number of nitrogens with zero attached hydrogens (tertiary/aromatic N) is 3. The van der Waals surface area contributed by atoms with Gasteiger partial charge in [0.1, 0.15) is 0 Å². The maximum Gasteiger partial charge on any atom is 0.255 e. The predicted octanol–water partition coefficient (Wildman–Crippen LogP) is 3.62. The molecule has 3 rings (SSSR count). The summed E-state index contributed by atoms with van der Waals surface area (Å²) in [7, 11) is -3.66. The minimum absolute atomic E-state index is 0.0939. The van der Waals surface area contributed by atoms with E-state index in [2.05, 4.69) is 0 Å². The minimum Gasteiger partial charge on any atom is -0.335 e. The highest BCUT2D eigenvalue weighted by Crippen LogP contribution is 2.27. The quantitative estimate of drug-likeness (QED) is 0.610. The Hall–Kier alpha value is -2.13. The molecule has 7 nitrogen and oxygen atoms in total. The van der Waals surface area contributed by atoms with Gasteiger partial charge in [-0.05, 0) is 30.3 Å². The normalized spacial score (nSPS) is 14.7. The molecule has 0 unspecified atom stereocenters. The lowest BCUT2D eigenvalue weighted by molar-refractivity contribution is 0.0535. The molecule has 0 spiro atoms. The van der Waals surface area contributed by atoms with Crippen molar-refractivity contribution in [3.8, 4) is 0 Å². The van der Waals surface area contributed by atoms with Gasteiger partial charge in [-0.15, -0.1) is 0 Å². The number of rotatable bonds is 6. The fraction of sp³-hybridized carbons (Fsp3) is 0.364. The minimum atomic E-state index is -3.66. The van der Waals surface area contributed by atoms with Crippen molar-refractivity contribution in [2.45, 2.75) is 18.7 Å². The summed E-state index contributed by atoms with van der Waals surface area (Å²) in [6.45, 7) is 5.58. The molecule has 32 heavy (non-hydrogen) atoms. The Bertz CT molecular complexity index is 1110. The Morgan fingerprint density at radius 2 is 1.47 bits per heavy atom. The number of sulfonamides is 1. The van der Waals surface area contributed by atoms with Crippen molar-refractivity contribution in [3.05, 3.63) is 63.6 Å². The molecule has 0 N–H and O–H groups in total. The summed E-state index contributed by atoms with van der Waals surface area (Å²) in [5, 5.41) is 0.523. The van der Waals surface area contributed by atoms with Crippen LogP contribution < -0.4 is 0 Å². The fourth-order valence-electron chi connectivity index (χ4n) is 3.64. The maximum atomic E-state index is 13.0. The zero-order valence-corrected chi connectivity index (χ0v) is 20.3. The van der Waals surface area contributed by atoms with Gasteiger partial charge in [0, 0.05) is 44.8 Å². The first-order chi connectivity index (χ1) is 15.2. The molecule has 172 valence electrons. The van der Waals surface area contributed by atoms with Gasteiger partial charge in [0.25, 0.3) is 11.8 Å². The number of halogens is 2. The van der Waals surface area contributed by atoms with Crippen LogP contribution in [0.25, 0.3) is 0 Å². The van der Waals surface area contributed by atoms with E-state index in [0.29, 0.717) is 55.4 Å². The Morgan fingerprint density at radius 1 is 0.906 bits per heavy atom. The van der Waals surface area contributed by atoms with Gasteiger partial charge in [-0.3, -0.25) is 9.59 Å². The SMILES string of the molecule is CCN(CC)S(=O)(=O)c1cccc(C(=O)N2CCN(C(=O)c3cccc(Cl)c3Cl)CC2)c1. The van der Waals surface area contributed by atoms with E-state index < -0.39 is 10.0 Å². The molecular formula is C22H25Cl2N3O4S. The number of benzene rings is 2. The molecule has 1 aliphatic heterocycles. The predicted molar refractivity (Wildman–Crippen MR) is 125 cm³/mol. The van der Waals surface area contributed by atoms with E-state index >= 15 is 0 Å². The van der Waals surface area contributed by atoms with Crippen molar-refractivity contribution in [2.75, 3.05) is 39.3 Å². The third-order valence-corrected chi connectivity index (χ3v) is 8.33. The van der Waals surface area contributed by atoms with E-state index in [1.54, 1.807) is 54.0 Å². The molecule has 0 atom stereocenters. The molecule has 1 fully saturated rings. The lowest BCUT2D eigenvalue weighted by atomic mass is 10.1. The zero-order valence-electron chi connectivity index (χ0n) is 17.9. The lowest BCUT2D eigenvalue weighted by Gasteiger charge is -2.35. The van der Waals surface area contributed by atoms with E-state index in [1.165, 1.54) is 16.4 Å². The summed E-state index contributed by atoms with van der Waals surface area (Å²) in [5.41, 5.74) is 0.629.